The van der Waals surface area contributed by atoms with E-state index in [0.29, 0.717) is 0 Å². The van der Waals surface area contributed by atoms with Crippen LogP contribution in [0.15, 0.2) is 18.3 Å². The normalized spacial score (nSPS) is 11.5. The van der Waals surface area contributed by atoms with Crippen molar-refractivity contribution in [3.8, 4) is 0 Å². The Hall–Kier alpha value is -2.51. The van der Waals surface area contributed by atoms with Crippen LogP contribution < -0.4 is 5.32 Å². The van der Waals surface area contributed by atoms with Gasteiger partial charge in [0.25, 0.3) is 5.91 Å². The fourth-order valence-electron chi connectivity index (χ4n) is 1.54. The number of carbonyl (C=O) groups is 3. The number of rotatable bonds is 7. The molecule has 0 aromatic carbocycles. The molecule has 114 valence electrons. The van der Waals surface area contributed by atoms with Crippen LogP contribution in [0.5, 0.6) is 0 Å². The van der Waals surface area contributed by atoms with Crippen LogP contribution in [0.3, 0.4) is 0 Å². The molecule has 0 aliphatic heterocycles. The summed E-state index contributed by atoms with van der Waals surface area (Å²) < 4.78 is 17.6. The van der Waals surface area contributed by atoms with Crippen molar-refractivity contribution in [1.82, 2.24) is 10.3 Å². The molecule has 0 radical (unpaired) electrons. The van der Waals surface area contributed by atoms with Crippen LogP contribution in [0.2, 0.25) is 0 Å². The Bertz CT molecular complexity index is 535. The number of hydrogen-bond acceptors (Lipinski definition) is 5. The molecule has 7 nitrogen and oxygen atoms in total. The molecule has 1 heterocycles. The predicted octanol–water partition coefficient (Wildman–Crippen LogP) is 0.747. The minimum absolute atomic E-state index is 0.0510. The van der Waals surface area contributed by atoms with Crippen molar-refractivity contribution in [3.05, 3.63) is 29.8 Å². The molecule has 1 amide bonds. The summed E-state index contributed by atoms with van der Waals surface area (Å²) in [6, 6.07) is 0.876. The second-order valence-corrected chi connectivity index (χ2v) is 4.08. The molecule has 0 saturated carbocycles. The van der Waals surface area contributed by atoms with Gasteiger partial charge in [0, 0.05) is 24.2 Å². The number of carbonyl (C=O) groups excluding carboxylic acids is 2. The van der Waals surface area contributed by atoms with Crippen molar-refractivity contribution >= 4 is 17.8 Å². The van der Waals surface area contributed by atoms with Gasteiger partial charge in [0.2, 0.25) is 5.95 Å². The molecule has 1 rings (SSSR count). The number of pyridine rings is 1. The van der Waals surface area contributed by atoms with Crippen LogP contribution in [0.25, 0.3) is 0 Å². The summed E-state index contributed by atoms with van der Waals surface area (Å²) in [5.74, 6) is -3.44. The van der Waals surface area contributed by atoms with Gasteiger partial charge in [-0.1, -0.05) is 0 Å². The third-order valence-electron chi connectivity index (χ3n) is 2.53. The van der Waals surface area contributed by atoms with Gasteiger partial charge in [0.15, 0.2) is 0 Å². The van der Waals surface area contributed by atoms with Gasteiger partial charge in [-0.25, -0.2) is 9.78 Å². The molecular formula is C13H15FN2O5. The number of carboxylic acid groups (broad SMARTS) is 1. The summed E-state index contributed by atoms with van der Waals surface area (Å²) in [5, 5.41) is 11.2. The number of nitrogens with one attached hydrogen (secondary N) is 1. The summed E-state index contributed by atoms with van der Waals surface area (Å²) in [5.41, 5.74) is -0.0510. The third-order valence-corrected chi connectivity index (χ3v) is 2.53. The SMILES string of the molecule is CCOC(=O)CC[C@H](NC(=O)c1ccnc(F)c1)C(=O)O. The number of carboxylic acids is 1. The number of amides is 1. The van der Waals surface area contributed by atoms with E-state index in [1.165, 1.54) is 6.07 Å². The molecule has 0 fully saturated rings. The number of nitrogens with zero attached hydrogens (tertiary/aromatic N) is 1. The molecular weight excluding hydrogens is 283 g/mol. The number of hydrogen-bond donors (Lipinski definition) is 2. The van der Waals surface area contributed by atoms with E-state index in [4.69, 9.17) is 5.11 Å². The Morgan fingerprint density at radius 1 is 1.48 bits per heavy atom. The zero-order valence-electron chi connectivity index (χ0n) is 11.3. The molecule has 1 aromatic heterocycles. The highest BCUT2D eigenvalue weighted by Gasteiger charge is 2.22. The van der Waals surface area contributed by atoms with Gasteiger partial charge >= 0.3 is 11.9 Å². The Labute approximate surface area is 120 Å². The Kier molecular flexibility index (Phi) is 6.25. The van der Waals surface area contributed by atoms with E-state index in [1.807, 2.05) is 0 Å². The second-order valence-electron chi connectivity index (χ2n) is 4.08. The van der Waals surface area contributed by atoms with E-state index in [2.05, 4.69) is 15.0 Å². The third kappa shape index (κ3) is 5.55. The zero-order valence-corrected chi connectivity index (χ0v) is 11.3. The number of halogens is 1. The number of aromatic nitrogens is 1. The van der Waals surface area contributed by atoms with Crippen molar-refractivity contribution in [2.75, 3.05) is 6.61 Å². The second kappa shape index (κ2) is 7.93. The first-order valence-electron chi connectivity index (χ1n) is 6.25. The maximum atomic E-state index is 12.9. The number of ether oxygens (including phenoxy) is 1. The lowest BCUT2D eigenvalue weighted by molar-refractivity contribution is -0.144. The molecule has 1 atom stereocenters. The maximum absolute atomic E-state index is 12.9. The van der Waals surface area contributed by atoms with Crippen molar-refractivity contribution in [1.29, 1.82) is 0 Å². The van der Waals surface area contributed by atoms with Crippen molar-refractivity contribution in [2.45, 2.75) is 25.8 Å². The average Bonchev–Trinajstić information content (AvgIpc) is 2.43. The highest BCUT2D eigenvalue weighted by molar-refractivity contribution is 5.96. The molecule has 21 heavy (non-hydrogen) atoms. The smallest absolute Gasteiger partial charge is 0.326 e. The Morgan fingerprint density at radius 2 is 2.19 bits per heavy atom. The molecule has 0 spiro atoms. The molecule has 8 heteroatoms. The highest BCUT2D eigenvalue weighted by Crippen LogP contribution is 2.04. The van der Waals surface area contributed by atoms with Gasteiger partial charge in [-0.2, -0.15) is 4.39 Å². The van der Waals surface area contributed by atoms with E-state index in [9.17, 15) is 18.8 Å². The minimum Gasteiger partial charge on any atom is -0.480 e. The van der Waals surface area contributed by atoms with Gasteiger partial charge in [0.05, 0.1) is 6.61 Å². The summed E-state index contributed by atoms with van der Waals surface area (Å²) >= 11 is 0. The maximum Gasteiger partial charge on any atom is 0.326 e. The van der Waals surface area contributed by atoms with E-state index >= 15 is 0 Å². The molecule has 1 aromatic rings. The van der Waals surface area contributed by atoms with Crippen LogP contribution in [-0.4, -0.2) is 40.6 Å². The summed E-state index contributed by atoms with van der Waals surface area (Å²) in [6.07, 6.45) is 0.835. The van der Waals surface area contributed by atoms with Crippen LogP contribution >= 0.6 is 0 Å². The topological polar surface area (TPSA) is 106 Å². The van der Waals surface area contributed by atoms with Gasteiger partial charge < -0.3 is 15.2 Å². The van der Waals surface area contributed by atoms with E-state index in [1.54, 1.807) is 6.92 Å². The summed E-state index contributed by atoms with van der Waals surface area (Å²) in [6.45, 7) is 1.82. The fourth-order valence-corrected chi connectivity index (χ4v) is 1.54. The summed E-state index contributed by atoms with van der Waals surface area (Å²) in [7, 11) is 0. The Morgan fingerprint density at radius 3 is 2.76 bits per heavy atom. The van der Waals surface area contributed by atoms with Crippen molar-refractivity contribution in [3.63, 3.8) is 0 Å². The lowest BCUT2D eigenvalue weighted by atomic mass is 10.1. The monoisotopic (exact) mass is 298 g/mol. The molecule has 0 bridgehead atoms. The molecule has 0 unspecified atom stereocenters. The zero-order chi connectivity index (χ0) is 15.8. The molecule has 0 saturated heterocycles. The minimum atomic E-state index is -1.29. The van der Waals surface area contributed by atoms with Crippen LogP contribution in [0.1, 0.15) is 30.1 Å². The molecule has 2 N–H and O–H groups in total. The first kappa shape index (κ1) is 16.5. The first-order valence-corrected chi connectivity index (χ1v) is 6.25. The van der Waals surface area contributed by atoms with Gasteiger partial charge in [-0.15, -0.1) is 0 Å². The summed E-state index contributed by atoms with van der Waals surface area (Å²) in [4.78, 5) is 37.3. The number of aliphatic carboxylic acids is 1. The predicted molar refractivity (Wildman–Crippen MR) is 69.0 cm³/mol. The lowest BCUT2D eigenvalue weighted by Gasteiger charge is -2.14. The van der Waals surface area contributed by atoms with Crippen LogP contribution in [0, 0.1) is 5.95 Å². The molecule has 0 aliphatic rings. The average molecular weight is 298 g/mol. The fraction of sp³-hybridized carbons (Fsp3) is 0.385. The van der Waals surface area contributed by atoms with Gasteiger partial charge in [0.1, 0.15) is 6.04 Å². The van der Waals surface area contributed by atoms with Crippen molar-refractivity contribution in [2.24, 2.45) is 0 Å². The van der Waals surface area contributed by atoms with Gasteiger partial charge in [-0.05, 0) is 19.4 Å². The van der Waals surface area contributed by atoms with Crippen LogP contribution in [-0.2, 0) is 14.3 Å². The largest absolute Gasteiger partial charge is 0.480 e. The quantitative estimate of drug-likeness (QED) is 0.568. The number of esters is 1. The Balaban J connectivity index is 2.64. The lowest BCUT2D eigenvalue weighted by Crippen LogP contribution is -2.41. The standard InChI is InChI=1S/C13H15FN2O5/c1-2-21-11(17)4-3-9(13(19)20)16-12(18)8-5-6-15-10(14)7-8/h5-7,9H,2-4H2,1H3,(H,16,18)(H,19,20)/t9-/m0/s1. The molecule has 0 aliphatic carbocycles. The van der Waals surface area contributed by atoms with Crippen LogP contribution in [0.4, 0.5) is 4.39 Å². The van der Waals surface area contributed by atoms with E-state index < -0.39 is 29.8 Å². The van der Waals surface area contributed by atoms with Gasteiger partial charge in [-0.3, -0.25) is 9.59 Å². The highest BCUT2D eigenvalue weighted by atomic mass is 19.1. The first-order chi connectivity index (χ1) is 9.93. The van der Waals surface area contributed by atoms with Crippen molar-refractivity contribution < 1.29 is 28.6 Å². The van der Waals surface area contributed by atoms with E-state index in [0.717, 1.165) is 12.3 Å². The van der Waals surface area contributed by atoms with E-state index in [-0.39, 0.29) is 25.0 Å².